The number of anilines is 3. The molecule has 0 aliphatic carbocycles. The van der Waals surface area contributed by atoms with Gasteiger partial charge >= 0.3 is 13.7 Å². The fourth-order valence-corrected chi connectivity index (χ4v) is 6.28. The third-order valence-corrected chi connectivity index (χ3v) is 8.48. The summed E-state index contributed by atoms with van der Waals surface area (Å²) in [5, 5.41) is 31.2. The maximum absolute atomic E-state index is 13.8. The summed E-state index contributed by atoms with van der Waals surface area (Å²) in [5.41, 5.74) is 3.15. The molecule has 12 nitrogen and oxygen atoms in total. The van der Waals surface area contributed by atoms with Gasteiger partial charge in [-0.15, -0.1) is 0 Å². The summed E-state index contributed by atoms with van der Waals surface area (Å²) >= 11 is 0. The number of esters is 1. The Balaban J connectivity index is 1.32. The highest BCUT2D eigenvalue weighted by Gasteiger charge is 2.46. The Hall–Kier alpha value is -3.51. The number of aliphatic hydroxyl groups is 2. The summed E-state index contributed by atoms with van der Waals surface area (Å²) in [6.07, 6.45) is -3.43. The van der Waals surface area contributed by atoms with Gasteiger partial charge < -0.3 is 34.8 Å². The maximum atomic E-state index is 13.8. The van der Waals surface area contributed by atoms with Crippen molar-refractivity contribution in [3.05, 3.63) is 78.0 Å². The first-order valence-electron chi connectivity index (χ1n) is 13.7. The minimum absolute atomic E-state index is 0.240. The molecule has 0 radical (unpaired) electrons. The molecule has 2 aliphatic heterocycles. The molecule has 5 N–H and O–H groups in total. The number of aromatic nitrogens is 1. The highest BCUT2D eigenvalue weighted by molar-refractivity contribution is 7.52. The minimum Gasteiger partial charge on any atom is -0.462 e. The van der Waals surface area contributed by atoms with Gasteiger partial charge in [0.25, 0.3) is 0 Å². The average Bonchev–Trinajstić information content (AvgIpc) is 3.12. The standard InChI is InChI=1S/C29H35N4O8P/c1-17(2)39-29(36)18(3)33-42(37,41-19-9-5-4-6-10-19)38-16-24-25(34)26(35)27(40-24)20-13-14-30-28-21(20)15-31-22-11-7-8-12-23(22)32-28/h4-14,17-18,24-27,31,34-35H,15-16H2,1-3H3,(H,30,32)(H,33,37)/t18-,24-,25-,26-,27+,42-/m1/s1. The van der Waals surface area contributed by atoms with Crippen LogP contribution in [0.25, 0.3) is 0 Å². The Bertz CT molecular complexity index is 1440. The molecule has 3 aromatic rings. The molecule has 5 rings (SSSR count). The number of benzene rings is 2. The lowest BCUT2D eigenvalue weighted by Crippen LogP contribution is -2.38. The number of carbonyl (C=O) groups is 1. The lowest BCUT2D eigenvalue weighted by Gasteiger charge is -2.25. The second-order valence-corrected chi connectivity index (χ2v) is 12.1. The summed E-state index contributed by atoms with van der Waals surface area (Å²) in [4.78, 5) is 16.9. The van der Waals surface area contributed by atoms with Gasteiger partial charge in [0.2, 0.25) is 0 Å². The van der Waals surface area contributed by atoms with E-state index in [9.17, 15) is 19.6 Å². The van der Waals surface area contributed by atoms with E-state index in [0.29, 0.717) is 17.9 Å². The predicted octanol–water partition coefficient (Wildman–Crippen LogP) is 4.05. The first kappa shape index (κ1) is 30.0. The molecule has 2 aromatic carbocycles. The number of fused-ring (bicyclic) bond motifs is 2. The number of nitrogens with zero attached hydrogens (tertiary/aromatic N) is 1. The molecule has 13 heteroatoms. The lowest BCUT2D eigenvalue weighted by molar-refractivity contribution is -0.149. The third kappa shape index (κ3) is 6.75. The van der Waals surface area contributed by atoms with Crippen LogP contribution in [0.2, 0.25) is 0 Å². The number of carbonyl (C=O) groups excluding carboxylic acids is 1. The molecule has 1 fully saturated rings. The van der Waals surface area contributed by atoms with E-state index in [4.69, 9.17) is 18.5 Å². The van der Waals surface area contributed by atoms with Crippen molar-refractivity contribution >= 4 is 30.9 Å². The monoisotopic (exact) mass is 598 g/mol. The SMILES string of the molecule is CC(C)OC(=O)[C@@H](C)N[P@@](=O)(OC[C@H]1O[C@@H](c2ccnc3c2CNc2ccccc2N3)[C@H](O)[C@@H]1O)Oc1ccccc1. The zero-order valence-electron chi connectivity index (χ0n) is 23.5. The molecular weight excluding hydrogens is 563 g/mol. The van der Waals surface area contributed by atoms with Crippen LogP contribution >= 0.6 is 7.75 Å². The van der Waals surface area contributed by atoms with Crippen LogP contribution in [-0.2, 0) is 29.9 Å². The van der Waals surface area contributed by atoms with Gasteiger partial charge in [0.05, 0.1) is 24.1 Å². The molecule has 42 heavy (non-hydrogen) atoms. The minimum atomic E-state index is -4.20. The number of pyridine rings is 1. The highest BCUT2D eigenvalue weighted by Crippen LogP contribution is 2.47. The highest BCUT2D eigenvalue weighted by atomic mass is 31.2. The van der Waals surface area contributed by atoms with E-state index in [1.807, 2.05) is 24.3 Å². The van der Waals surface area contributed by atoms with Crippen LogP contribution in [-0.4, -0.2) is 58.2 Å². The van der Waals surface area contributed by atoms with Crippen LogP contribution in [0.1, 0.15) is 38.0 Å². The molecule has 0 saturated carbocycles. The van der Waals surface area contributed by atoms with E-state index in [-0.39, 0.29) is 11.9 Å². The molecule has 1 aromatic heterocycles. The van der Waals surface area contributed by atoms with E-state index < -0.39 is 50.8 Å². The zero-order valence-corrected chi connectivity index (χ0v) is 24.4. The second-order valence-electron chi connectivity index (χ2n) is 10.4. The number of ether oxygens (including phenoxy) is 2. The van der Waals surface area contributed by atoms with E-state index in [1.165, 1.54) is 6.92 Å². The number of hydrogen-bond donors (Lipinski definition) is 5. The number of para-hydroxylation sites is 3. The van der Waals surface area contributed by atoms with Gasteiger partial charge in [-0.25, -0.2) is 9.55 Å². The fourth-order valence-electron chi connectivity index (χ4n) is 4.77. The van der Waals surface area contributed by atoms with Gasteiger partial charge in [-0.2, -0.15) is 5.09 Å². The number of hydrogen-bond acceptors (Lipinski definition) is 11. The number of nitrogens with one attached hydrogen (secondary N) is 3. The molecule has 3 heterocycles. The van der Waals surface area contributed by atoms with Crippen molar-refractivity contribution in [1.29, 1.82) is 0 Å². The molecular formula is C29H35N4O8P. The predicted molar refractivity (Wildman–Crippen MR) is 155 cm³/mol. The van der Waals surface area contributed by atoms with Crippen LogP contribution in [0, 0.1) is 0 Å². The van der Waals surface area contributed by atoms with E-state index in [0.717, 1.165) is 16.9 Å². The van der Waals surface area contributed by atoms with Crippen molar-refractivity contribution in [2.24, 2.45) is 0 Å². The Kier molecular flexibility index (Phi) is 9.12. The van der Waals surface area contributed by atoms with E-state index >= 15 is 0 Å². The van der Waals surface area contributed by atoms with Crippen LogP contribution < -0.4 is 20.2 Å². The molecule has 2 aliphatic rings. The van der Waals surface area contributed by atoms with Crippen molar-refractivity contribution in [2.75, 3.05) is 17.2 Å². The smallest absolute Gasteiger partial charge is 0.459 e. The normalized spacial score (nSPS) is 23.4. The van der Waals surface area contributed by atoms with Crippen LogP contribution in [0.3, 0.4) is 0 Å². The first-order chi connectivity index (χ1) is 20.1. The van der Waals surface area contributed by atoms with Gasteiger partial charge in [-0.1, -0.05) is 30.3 Å². The van der Waals surface area contributed by atoms with Crippen LogP contribution in [0.15, 0.2) is 66.9 Å². The second kappa shape index (κ2) is 12.8. The van der Waals surface area contributed by atoms with Crippen LogP contribution in [0.4, 0.5) is 17.2 Å². The topological polar surface area (TPSA) is 160 Å². The summed E-state index contributed by atoms with van der Waals surface area (Å²) in [5.74, 6) is 0.201. The van der Waals surface area contributed by atoms with Gasteiger partial charge in [-0.3, -0.25) is 9.32 Å². The van der Waals surface area contributed by atoms with Crippen molar-refractivity contribution in [1.82, 2.24) is 10.1 Å². The molecule has 0 spiro atoms. The summed E-state index contributed by atoms with van der Waals surface area (Å²) < 4.78 is 36.5. The molecule has 0 bridgehead atoms. The number of aliphatic hydroxyl groups excluding tert-OH is 2. The maximum Gasteiger partial charge on any atom is 0.459 e. The zero-order chi connectivity index (χ0) is 29.9. The average molecular weight is 599 g/mol. The van der Waals surface area contributed by atoms with Crippen molar-refractivity contribution in [3.63, 3.8) is 0 Å². The summed E-state index contributed by atoms with van der Waals surface area (Å²) in [6.45, 7) is 4.88. The number of rotatable bonds is 10. The van der Waals surface area contributed by atoms with Crippen LogP contribution in [0.5, 0.6) is 5.75 Å². The Morgan fingerprint density at radius 3 is 2.52 bits per heavy atom. The molecule has 0 unspecified atom stereocenters. The molecule has 224 valence electrons. The fraction of sp³-hybridized carbons (Fsp3) is 0.379. The summed E-state index contributed by atoms with van der Waals surface area (Å²) in [7, 11) is -4.20. The van der Waals surface area contributed by atoms with Gasteiger partial charge in [0.1, 0.15) is 42.0 Å². The van der Waals surface area contributed by atoms with E-state index in [1.54, 1.807) is 56.4 Å². The summed E-state index contributed by atoms with van der Waals surface area (Å²) in [6, 6.07) is 16.7. The quantitative estimate of drug-likeness (QED) is 0.169. The van der Waals surface area contributed by atoms with Crippen molar-refractivity contribution < 1.29 is 38.1 Å². The van der Waals surface area contributed by atoms with Gasteiger partial charge in [0.15, 0.2) is 0 Å². The third-order valence-electron chi connectivity index (χ3n) is 6.83. The lowest BCUT2D eigenvalue weighted by atomic mass is 9.98. The van der Waals surface area contributed by atoms with Gasteiger partial charge in [0, 0.05) is 18.3 Å². The Labute approximate surface area is 244 Å². The molecule has 1 saturated heterocycles. The Morgan fingerprint density at radius 1 is 1.07 bits per heavy atom. The van der Waals surface area contributed by atoms with Crippen molar-refractivity contribution in [2.45, 2.75) is 63.9 Å². The van der Waals surface area contributed by atoms with E-state index in [2.05, 4.69) is 20.7 Å². The van der Waals surface area contributed by atoms with Gasteiger partial charge in [-0.05, 0) is 56.7 Å². The van der Waals surface area contributed by atoms with Crippen molar-refractivity contribution in [3.8, 4) is 5.75 Å². The molecule has 0 amide bonds. The Morgan fingerprint density at radius 2 is 1.79 bits per heavy atom. The largest absolute Gasteiger partial charge is 0.462 e. The molecule has 6 atom stereocenters. The first-order valence-corrected chi connectivity index (χ1v) is 15.2.